The molecule has 0 spiro atoms. The highest BCUT2D eigenvalue weighted by atomic mass is 35.5. The van der Waals surface area contributed by atoms with Gasteiger partial charge in [-0.3, -0.25) is 5.10 Å². The van der Waals surface area contributed by atoms with Crippen molar-refractivity contribution < 1.29 is 9.47 Å². The van der Waals surface area contributed by atoms with Crippen LogP contribution in [0, 0.1) is 4.77 Å². The summed E-state index contributed by atoms with van der Waals surface area (Å²) in [5, 5.41) is 8.34. The summed E-state index contributed by atoms with van der Waals surface area (Å²) in [6, 6.07) is 11.2. The van der Waals surface area contributed by atoms with E-state index < -0.39 is 0 Å². The highest BCUT2D eigenvalue weighted by molar-refractivity contribution is 7.71. The highest BCUT2D eigenvalue weighted by Crippen LogP contribution is 2.34. The van der Waals surface area contributed by atoms with Crippen LogP contribution < -0.4 is 14.9 Å². The Morgan fingerprint density at radius 1 is 1.10 bits per heavy atom. The monoisotopic (exact) mass is 466 g/mol. The molecule has 0 atom stereocenters. The predicted octanol–water partition coefficient (Wildman–Crippen LogP) is 5.92. The maximum absolute atomic E-state index is 6.53. The molecule has 0 amide bonds. The van der Waals surface area contributed by atoms with E-state index >= 15 is 0 Å². The van der Waals surface area contributed by atoms with Gasteiger partial charge in [0, 0.05) is 22.5 Å². The van der Waals surface area contributed by atoms with Crippen molar-refractivity contribution in [1.82, 2.24) is 14.9 Å². The van der Waals surface area contributed by atoms with E-state index in [1.165, 1.54) is 0 Å². The molecule has 1 heterocycles. The van der Waals surface area contributed by atoms with Gasteiger partial charge in [-0.05, 0) is 54.9 Å². The fourth-order valence-electron chi connectivity index (χ4n) is 2.88. The minimum atomic E-state index is 0.385. The molecule has 0 unspecified atom stereocenters. The van der Waals surface area contributed by atoms with Gasteiger partial charge in [0.1, 0.15) is 6.61 Å². The number of nitrogens with zero attached hydrogens (tertiary/aromatic N) is 2. The van der Waals surface area contributed by atoms with Crippen LogP contribution in [-0.4, -0.2) is 21.5 Å². The Kier molecular flexibility index (Phi) is 8.01. The Morgan fingerprint density at radius 2 is 1.83 bits per heavy atom. The number of halogens is 2. The van der Waals surface area contributed by atoms with Crippen LogP contribution in [0.15, 0.2) is 36.4 Å². The van der Waals surface area contributed by atoms with Gasteiger partial charge < -0.3 is 14.9 Å². The zero-order valence-corrected chi connectivity index (χ0v) is 19.2. The molecule has 0 fully saturated rings. The van der Waals surface area contributed by atoms with Crippen molar-refractivity contribution in [2.75, 3.05) is 12.0 Å². The lowest BCUT2D eigenvalue weighted by Crippen LogP contribution is -2.18. The lowest BCUT2D eigenvalue weighted by atomic mass is 10.2. The number of H-pyrrole nitrogens is 1. The minimum Gasteiger partial charge on any atom is -0.490 e. The molecule has 0 aliphatic carbocycles. The zero-order chi connectivity index (χ0) is 21.5. The van der Waals surface area contributed by atoms with E-state index in [1.54, 1.807) is 10.7 Å². The number of benzene rings is 2. The highest BCUT2D eigenvalue weighted by Gasteiger charge is 2.13. The molecule has 0 bridgehead atoms. The fourth-order valence-corrected chi connectivity index (χ4v) is 3.45. The van der Waals surface area contributed by atoms with Crippen molar-refractivity contribution >= 4 is 35.4 Å². The van der Waals surface area contributed by atoms with Crippen LogP contribution in [0.2, 0.25) is 10.0 Å². The number of ether oxygens (including phenoxy) is 2. The number of aryl methyl sites for hydroxylation is 1. The molecule has 160 valence electrons. The predicted molar refractivity (Wildman–Crippen MR) is 123 cm³/mol. The average Bonchev–Trinajstić information content (AvgIpc) is 3.08. The maximum Gasteiger partial charge on any atom is 0.214 e. The largest absolute Gasteiger partial charge is 0.490 e. The van der Waals surface area contributed by atoms with Gasteiger partial charge in [-0.1, -0.05) is 42.3 Å². The molecule has 0 saturated heterocycles. The van der Waals surface area contributed by atoms with Crippen LogP contribution in [0.4, 0.5) is 0 Å². The van der Waals surface area contributed by atoms with E-state index in [9.17, 15) is 0 Å². The third kappa shape index (κ3) is 5.68. The van der Waals surface area contributed by atoms with Crippen molar-refractivity contribution in [2.45, 2.75) is 39.8 Å². The summed E-state index contributed by atoms with van der Waals surface area (Å²) in [5.41, 5.74) is 5.15. The van der Waals surface area contributed by atoms with E-state index in [1.807, 2.05) is 37.3 Å². The second kappa shape index (κ2) is 10.7. The molecule has 9 heteroatoms. The molecule has 0 saturated carbocycles. The smallest absolute Gasteiger partial charge is 0.214 e. The van der Waals surface area contributed by atoms with Crippen molar-refractivity contribution in [2.24, 2.45) is 0 Å². The minimum absolute atomic E-state index is 0.385. The topological polar surface area (TPSA) is 64.1 Å². The summed E-state index contributed by atoms with van der Waals surface area (Å²) in [6.07, 6.45) is 1.78. The normalized spacial score (nSPS) is 10.8. The first-order chi connectivity index (χ1) is 14.5. The van der Waals surface area contributed by atoms with Gasteiger partial charge in [-0.2, -0.15) is 5.10 Å². The molecule has 1 aromatic heterocycles. The second-order valence-corrected chi connectivity index (χ2v) is 7.83. The Bertz CT molecular complexity index is 1030. The zero-order valence-electron chi connectivity index (χ0n) is 16.9. The van der Waals surface area contributed by atoms with E-state index in [0.717, 1.165) is 29.8 Å². The van der Waals surface area contributed by atoms with Crippen molar-refractivity contribution in [3.8, 4) is 11.5 Å². The molecule has 0 aliphatic rings. The van der Waals surface area contributed by atoms with Crippen molar-refractivity contribution in [1.29, 1.82) is 0 Å². The van der Waals surface area contributed by atoms with Crippen LogP contribution in [0.25, 0.3) is 0 Å². The second-order valence-electron chi connectivity index (χ2n) is 6.60. The number of aromatic nitrogens is 3. The molecule has 2 aromatic carbocycles. The number of hydrogen-bond acceptors (Lipinski definition) is 5. The van der Waals surface area contributed by atoms with Gasteiger partial charge >= 0.3 is 0 Å². The lowest BCUT2D eigenvalue weighted by molar-refractivity contribution is 0.269. The van der Waals surface area contributed by atoms with Gasteiger partial charge in [0.05, 0.1) is 13.2 Å². The summed E-state index contributed by atoms with van der Waals surface area (Å²) in [6.45, 7) is 5.38. The standard InChI is InChI=1S/C21H24Cl2N4O2S/c1-3-5-20-25-26-21(30)27(20)24-12-15-10-18(28-4-2)19(11-17(15)23)29-13-14-6-8-16(22)9-7-14/h6-11,24H,3-5,12-13H2,1-2H3,(H,26,30). The number of aromatic amines is 1. The Morgan fingerprint density at radius 3 is 2.53 bits per heavy atom. The van der Waals surface area contributed by atoms with Gasteiger partial charge in [0.15, 0.2) is 17.3 Å². The van der Waals surface area contributed by atoms with Gasteiger partial charge in [0.2, 0.25) is 4.77 Å². The number of hydrogen-bond donors (Lipinski definition) is 2. The summed E-state index contributed by atoms with van der Waals surface area (Å²) in [7, 11) is 0. The SMILES string of the molecule is CCCc1n[nH]c(=S)n1NCc1cc(OCC)c(OCc2ccc(Cl)cc2)cc1Cl. The molecule has 30 heavy (non-hydrogen) atoms. The van der Waals surface area contributed by atoms with E-state index in [-0.39, 0.29) is 0 Å². The molecular weight excluding hydrogens is 443 g/mol. The number of nitrogens with one attached hydrogen (secondary N) is 2. The summed E-state index contributed by atoms with van der Waals surface area (Å²) in [4.78, 5) is 0. The van der Waals surface area contributed by atoms with Gasteiger partial charge in [-0.15, -0.1) is 0 Å². The third-order valence-corrected chi connectivity index (χ3v) is 5.24. The van der Waals surface area contributed by atoms with Crippen LogP contribution in [-0.2, 0) is 19.6 Å². The summed E-state index contributed by atoms with van der Waals surface area (Å²) in [5.74, 6) is 2.08. The number of rotatable bonds is 10. The molecule has 0 aliphatic heterocycles. The first kappa shape index (κ1) is 22.5. The first-order valence-corrected chi connectivity index (χ1v) is 10.9. The fraction of sp³-hybridized carbons (Fsp3) is 0.333. The average molecular weight is 467 g/mol. The molecule has 3 aromatic rings. The molecule has 3 rings (SSSR count). The van der Waals surface area contributed by atoms with Crippen LogP contribution >= 0.6 is 35.4 Å². The van der Waals surface area contributed by atoms with Crippen LogP contribution in [0.5, 0.6) is 11.5 Å². The van der Waals surface area contributed by atoms with Crippen LogP contribution in [0.3, 0.4) is 0 Å². The van der Waals surface area contributed by atoms with Crippen molar-refractivity contribution in [3.63, 3.8) is 0 Å². The van der Waals surface area contributed by atoms with Crippen LogP contribution in [0.1, 0.15) is 37.2 Å². The molecule has 6 nitrogen and oxygen atoms in total. The quantitative estimate of drug-likeness (QED) is 0.363. The summed E-state index contributed by atoms with van der Waals surface area (Å²) >= 11 is 17.8. The van der Waals surface area contributed by atoms with E-state index in [0.29, 0.717) is 46.1 Å². The molecule has 2 N–H and O–H groups in total. The van der Waals surface area contributed by atoms with Gasteiger partial charge in [-0.25, -0.2) is 4.68 Å². The van der Waals surface area contributed by atoms with Gasteiger partial charge in [0.25, 0.3) is 0 Å². The third-order valence-electron chi connectivity index (χ3n) is 4.36. The van der Waals surface area contributed by atoms with E-state index in [2.05, 4.69) is 22.5 Å². The summed E-state index contributed by atoms with van der Waals surface area (Å²) < 4.78 is 14.0. The Labute approximate surface area is 191 Å². The maximum atomic E-state index is 6.53. The Hall–Kier alpha value is -2.22. The van der Waals surface area contributed by atoms with Crippen molar-refractivity contribution in [3.05, 3.63) is 68.2 Å². The Balaban J connectivity index is 1.76. The first-order valence-electron chi connectivity index (χ1n) is 9.74. The lowest BCUT2D eigenvalue weighted by Gasteiger charge is -2.16. The molecule has 0 radical (unpaired) electrons. The molecular formula is C21H24Cl2N4O2S. The van der Waals surface area contributed by atoms with E-state index in [4.69, 9.17) is 44.9 Å².